The standard InChI is InChI=1S/C14H21BrFNO/c1-10(2)17-8-4-5-11(3)18-14-7-6-12(16)9-13(14)15/h6-7,9-11,17H,4-5,8H2,1-3H3. The fourth-order valence-corrected chi connectivity index (χ4v) is 2.07. The first-order valence-electron chi connectivity index (χ1n) is 6.34. The second-order valence-electron chi connectivity index (χ2n) is 4.75. The number of ether oxygens (including phenoxy) is 1. The van der Waals surface area contributed by atoms with Gasteiger partial charge in [-0.1, -0.05) is 13.8 Å². The highest BCUT2D eigenvalue weighted by atomic mass is 79.9. The van der Waals surface area contributed by atoms with Crippen LogP contribution in [0.5, 0.6) is 5.75 Å². The molecule has 1 rings (SSSR count). The lowest BCUT2D eigenvalue weighted by atomic mass is 10.2. The van der Waals surface area contributed by atoms with E-state index in [0.717, 1.165) is 19.4 Å². The van der Waals surface area contributed by atoms with Crippen molar-refractivity contribution in [2.75, 3.05) is 6.54 Å². The van der Waals surface area contributed by atoms with Gasteiger partial charge in [-0.3, -0.25) is 0 Å². The Kier molecular flexibility index (Phi) is 6.65. The van der Waals surface area contributed by atoms with Gasteiger partial charge in [-0.15, -0.1) is 0 Å². The molecule has 0 spiro atoms. The van der Waals surface area contributed by atoms with E-state index in [1.165, 1.54) is 12.1 Å². The summed E-state index contributed by atoms with van der Waals surface area (Å²) in [5.41, 5.74) is 0. The van der Waals surface area contributed by atoms with Gasteiger partial charge in [0.25, 0.3) is 0 Å². The van der Waals surface area contributed by atoms with Gasteiger partial charge in [0.05, 0.1) is 10.6 Å². The van der Waals surface area contributed by atoms with Crippen LogP contribution in [0.3, 0.4) is 0 Å². The summed E-state index contributed by atoms with van der Waals surface area (Å²) in [5, 5.41) is 3.37. The van der Waals surface area contributed by atoms with E-state index < -0.39 is 0 Å². The van der Waals surface area contributed by atoms with Gasteiger partial charge in [0, 0.05) is 6.04 Å². The van der Waals surface area contributed by atoms with Crippen molar-refractivity contribution in [3.63, 3.8) is 0 Å². The maximum absolute atomic E-state index is 12.9. The van der Waals surface area contributed by atoms with Gasteiger partial charge in [-0.05, 0) is 60.4 Å². The maximum atomic E-state index is 12.9. The molecule has 0 saturated carbocycles. The summed E-state index contributed by atoms with van der Waals surface area (Å²) in [6, 6.07) is 5.00. The van der Waals surface area contributed by atoms with Gasteiger partial charge in [-0.25, -0.2) is 4.39 Å². The van der Waals surface area contributed by atoms with E-state index in [4.69, 9.17) is 4.74 Å². The molecule has 102 valence electrons. The Hall–Kier alpha value is -0.610. The van der Waals surface area contributed by atoms with E-state index in [1.807, 2.05) is 6.92 Å². The molecule has 0 aliphatic carbocycles. The molecule has 1 aromatic rings. The van der Waals surface area contributed by atoms with Gasteiger partial charge in [0.15, 0.2) is 0 Å². The number of halogens is 2. The Morgan fingerprint density at radius 2 is 2.06 bits per heavy atom. The van der Waals surface area contributed by atoms with Crippen LogP contribution in [-0.2, 0) is 0 Å². The molecule has 0 fully saturated rings. The maximum Gasteiger partial charge on any atom is 0.134 e. The predicted molar refractivity (Wildman–Crippen MR) is 76.6 cm³/mol. The first kappa shape index (κ1) is 15.4. The molecule has 4 heteroatoms. The summed E-state index contributed by atoms with van der Waals surface area (Å²) < 4.78 is 19.3. The van der Waals surface area contributed by atoms with Crippen LogP contribution < -0.4 is 10.1 Å². The Balaban J connectivity index is 2.33. The first-order chi connectivity index (χ1) is 8.49. The lowest BCUT2D eigenvalue weighted by molar-refractivity contribution is 0.205. The van der Waals surface area contributed by atoms with Gasteiger partial charge >= 0.3 is 0 Å². The second kappa shape index (κ2) is 7.74. The highest BCUT2D eigenvalue weighted by Crippen LogP contribution is 2.26. The molecule has 0 radical (unpaired) electrons. The molecular weight excluding hydrogens is 297 g/mol. The molecule has 1 N–H and O–H groups in total. The minimum atomic E-state index is -0.261. The number of rotatable bonds is 7. The molecular formula is C14H21BrFNO. The first-order valence-corrected chi connectivity index (χ1v) is 7.13. The zero-order chi connectivity index (χ0) is 13.5. The average Bonchev–Trinajstić information content (AvgIpc) is 2.28. The lowest BCUT2D eigenvalue weighted by Gasteiger charge is -2.16. The molecule has 0 bridgehead atoms. The van der Waals surface area contributed by atoms with Crippen LogP contribution in [0.2, 0.25) is 0 Å². The topological polar surface area (TPSA) is 21.3 Å². The molecule has 0 aliphatic heterocycles. The highest BCUT2D eigenvalue weighted by Gasteiger charge is 2.08. The Morgan fingerprint density at radius 3 is 2.67 bits per heavy atom. The van der Waals surface area contributed by atoms with Crippen LogP contribution in [0.25, 0.3) is 0 Å². The second-order valence-corrected chi connectivity index (χ2v) is 5.61. The van der Waals surface area contributed by atoms with Crippen molar-refractivity contribution < 1.29 is 9.13 Å². The van der Waals surface area contributed by atoms with E-state index in [1.54, 1.807) is 6.07 Å². The smallest absolute Gasteiger partial charge is 0.134 e. The predicted octanol–water partition coefficient (Wildman–Crippen LogP) is 4.13. The van der Waals surface area contributed by atoms with E-state index in [2.05, 4.69) is 35.1 Å². The van der Waals surface area contributed by atoms with Crippen molar-refractivity contribution in [1.82, 2.24) is 5.32 Å². The van der Waals surface area contributed by atoms with Crippen molar-refractivity contribution in [1.29, 1.82) is 0 Å². The Bertz CT molecular complexity index is 371. The fourth-order valence-electron chi connectivity index (χ4n) is 1.63. The normalized spacial score (nSPS) is 12.8. The van der Waals surface area contributed by atoms with E-state index in [9.17, 15) is 4.39 Å². The van der Waals surface area contributed by atoms with Crippen LogP contribution >= 0.6 is 15.9 Å². The quantitative estimate of drug-likeness (QED) is 0.763. The third-order valence-electron chi connectivity index (χ3n) is 2.56. The summed E-state index contributed by atoms with van der Waals surface area (Å²) in [6.45, 7) is 7.30. The molecule has 18 heavy (non-hydrogen) atoms. The SMILES string of the molecule is CC(C)NCCCC(C)Oc1ccc(F)cc1Br. The molecule has 1 unspecified atom stereocenters. The van der Waals surface area contributed by atoms with E-state index in [0.29, 0.717) is 16.3 Å². The summed E-state index contributed by atoms with van der Waals surface area (Å²) in [4.78, 5) is 0. The number of nitrogens with one attached hydrogen (secondary N) is 1. The molecule has 0 heterocycles. The van der Waals surface area contributed by atoms with Crippen molar-refractivity contribution in [3.05, 3.63) is 28.5 Å². The largest absolute Gasteiger partial charge is 0.490 e. The molecule has 1 aromatic carbocycles. The van der Waals surface area contributed by atoms with Crippen molar-refractivity contribution in [2.24, 2.45) is 0 Å². The molecule has 0 aliphatic rings. The zero-order valence-electron chi connectivity index (χ0n) is 11.2. The third-order valence-corrected chi connectivity index (χ3v) is 3.18. The number of benzene rings is 1. The Labute approximate surface area is 117 Å². The van der Waals surface area contributed by atoms with Gasteiger partial charge in [-0.2, -0.15) is 0 Å². The minimum absolute atomic E-state index is 0.126. The summed E-state index contributed by atoms with van der Waals surface area (Å²) in [6.07, 6.45) is 2.17. The lowest BCUT2D eigenvalue weighted by Crippen LogP contribution is -2.25. The van der Waals surface area contributed by atoms with Crippen LogP contribution in [0.4, 0.5) is 4.39 Å². The van der Waals surface area contributed by atoms with Crippen LogP contribution in [-0.4, -0.2) is 18.7 Å². The van der Waals surface area contributed by atoms with Crippen molar-refractivity contribution in [3.8, 4) is 5.75 Å². The minimum Gasteiger partial charge on any atom is -0.490 e. The molecule has 0 aromatic heterocycles. The molecule has 2 nitrogen and oxygen atoms in total. The fraction of sp³-hybridized carbons (Fsp3) is 0.571. The summed E-state index contributed by atoms with van der Waals surface area (Å²) >= 11 is 3.30. The monoisotopic (exact) mass is 317 g/mol. The zero-order valence-corrected chi connectivity index (χ0v) is 12.8. The van der Waals surface area contributed by atoms with Gasteiger partial charge < -0.3 is 10.1 Å². The van der Waals surface area contributed by atoms with Crippen molar-refractivity contribution >= 4 is 15.9 Å². The Morgan fingerprint density at radius 1 is 1.33 bits per heavy atom. The molecule has 0 amide bonds. The average molecular weight is 318 g/mol. The van der Waals surface area contributed by atoms with Gasteiger partial charge in [0.1, 0.15) is 11.6 Å². The van der Waals surface area contributed by atoms with E-state index >= 15 is 0 Å². The van der Waals surface area contributed by atoms with Crippen molar-refractivity contribution in [2.45, 2.75) is 45.8 Å². The van der Waals surface area contributed by atoms with Crippen LogP contribution in [0.15, 0.2) is 22.7 Å². The van der Waals surface area contributed by atoms with Crippen LogP contribution in [0.1, 0.15) is 33.6 Å². The molecule has 0 saturated heterocycles. The third kappa shape index (κ3) is 5.83. The van der Waals surface area contributed by atoms with E-state index in [-0.39, 0.29) is 11.9 Å². The van der Waals surface area contributed by atoms with Gasteiger partial charge in [0.2, 0.25) is 0 Å². The number of hydrogen-bond donors (Lipinski definition) is 1. The molecule has 1 atom stereocenters. The summed E-state index contributed by atoms with van der Waals surface area (Å²) in [5.74, 6) is 0.434. The number of hydrogen-bond acceptors (Lipinski definition) is 2. The van der Waals surface area contributed by atoms with Crippen LogP contribution in [0, 0.1) is 5.82 Å². The highest BCUT2D eigenvalue weighted by molar-refractivity contribution is 9.10. The summed E-state index contributed by atoms with van der Waals surface area (Å²) in [7, 11) is 0.